The summed E-state index contributed by atoms with van der Waals surface area (Å²) in [6.07, 6.45) is 2.04. The molecule has 0 amide bonds. The number of nitrogens with zero attached hydrogens (tertiary/aromatic N) is 1. The molecule has 0 saturated carbocycles. The van der Waals surface area contributed by atoms with Crippen molar-refractivity contribution in [2.45, 2.75) is 11.3 Å². The minimum Gasteiger partial charge on any atom is -0.207 e. The van der Waals surface area contributed by atoms with Gasteiger partial charge in [-0.05, 0) is 30.2 Å². The number of benzene rings is 2. The quantitative estimate of drug-likeness (QED) is 0.708. The third kappa shape index (κ3) is 4.41. The fourth-order valence-corrected chi connectivity index (χ4v) is 4.06. The average Bonchev–Trinajstić information content (AvgIpc) is 2.54. The van der Waals surface area contributed by atoms with E-state index >= 15 is 0 Å². The molecule has 0 heterocycles. The first kappa shape index (κ1) is 17.7. The zero-order valence-electron chi connectivity index (χ0n) is 12.5. The van der Waals surface area contributed by atoms with Crippen molar-refractivity contribution in [3.8, 4) is 0 Å². The van der Waals surface area contributed by atoms with Crippen LogP contribution in [0, 0.1) is 5.82 Å². The number of sulfonamides is 1. The fourth-order valence-electron chi connectivity index (χ4n) is 2.17. The zero-order valence-corrected chi connectivity index (χ0v) is 14.0. The van der Waals surface area contributed by atoms with Gasteiger partial charge in [-0.25, -0.2) is 12.8 Å². The highest BCUT2D eigenvalue weighted by Crippen LogP contribution is 2.25. The molecule has 0 atom stereocenters. The van der Waals surface area contributed by atoms with Crippen molar-refractivity contribution in [3.05, 3.63) is 77.6 Å². The molecule has 0 aliphatic carbocycles. The molecule has 23 heavy (non-hydrogen) atoms. The maximum atomic E-state index is 13.4. The van der Waals surface area contributed by atoms with Crippen molar-refractivity contribution < 1.29 is 12.8 Å². The highest BCUT2D eigenvalue weighted by molar-refractivity contribution is 7.89. The van der Waals surface area contributed by atoms with E-state index in [0.29, 0.717) is 6.42 Å². The van der Waals surface area contributed by atoms with Crippen LogP contribution >= 0.6 is 11.6 Å². The van der Waals surface area contributed by atoms with Gasteiger partial charge in [0.15, 0.2) is 0 Å². The van der Waals surface area contributed by atoms with Crippen LogP contribution in [0.2, 0.25) is 5.02 Å². The van der Waals surface area contributed by atoms with Crippen LogP contribution in [0.5, 0.6) is 0 Å². The Hall–Kier alpha value is -1.69. The Morgan fingerprint density at radius 1 is 1.17 bits per heavy atom. The zero-order chi connectivity index (χ0) is 16.9. The summed E-state index contributed by atoms with van der Waals surface area (Å²) in [7, 11) is -3.90. The standard InChI is InChI=1S/C17H17ClFNO2S/c1-2-11-20(12-10-14-6-4-3-5-7-14)23(21,22)17-13-15(19)8-9-16(17)18/h2-9,13H,1,10-12H2. The van der Waals surface area contributed by atoms with Crippen LogP contribution < -0.4 is 0 Å². The van der Waals surface area contributed by atoms with Crippen molar-refractivity contribution in [2.75, 3.05) is 13.1 Å². The van der Waals surface area contributed by atoms with Gasteiger partial charge in [0.1, 0.15) is 10.7 Å². The minimum absolute atomic E-state index is 0.000161. The van der Waals surface area contributed by atoms with E-state index < -0.39 is 15.8 Å². The minimum atomic E-state index is -3.90. The summed E-state index contributed by atoms with van der Waals surface area (Å²) >= 11 is 5.94. The van der Waals surface area contributed by atoms with Gasteiger partial charge in [0.2, 0.25) is 10.0 Å². The van der Waals surface area contributed by atoms with Gasteiger partial charge in [-0.2, -0.15) is 4.31 Å². The van der Waals surface area contributed by atoms with E-state index in [9.17, 15) is 12.8 Å². The summed E-state index contributed by atoms with van der Waals surface area (Å²) in [5.41, 5.74) is 1.02. The van der Waals surface area contributed by atoms with E-state index in [-0.39, 0.29) is 23.0 Å². The lowest BCUT2D eigenvalue weighted by Gasteiger charge is -2.21. The maximum Gasteiger partial charge on any atom is 0.244 e. The molecule has 2 rings (SSSR count). The monoisotopic (exact) mass is 353 g/mol. The van der Waals surface area contributed by atoms with E-state index in [1.165, 1.54) is 16.4 Å². The Morgan fingerprint density at radius 3 is 2.52 bits per heavy atom. The molecule has 0 radical (unpaired) electrons. The summed E-state index contributed by atoms with van der Waals surface area (Å²) in [6.45, 7) is 3.97. The molecule has 0 unspecified atom stereocenters. The molecule has 6 heteroatoms. The predicted octanol–water partition coefficient (Wildman–Crippen LogP) is 3.90. The Kier molecular flexibility index (Phi) is 5.93. The molecule has 0 aliphatic rings. The summed E-state index contributed by atoms with van der Waals surface area (Å²) in [5, 5.41) is 0.000161. The first-order chi connectivity index (χ1) is 10.9. The highest BCUT2D eigenvalue weighted by Gasteiger charge is 2.26. The number of rotatable bonds is 7. The maximum absolute atomic E-state index is 13.4. The molecule has 3 nitrogen and oxygen atoms in total. The Morgan fingerprint density at radius 2 is 1.87 bits per heavy atom. The lowest BCUT2D eigenvalue weighted by molar-refractivity contribution is 0.445. The largest absolute Gasteiger partial charge is 0.244 e. The van der Waals surface area contributed by atoms with Gasteiger partial charge in [0.25, 0.3) is 0 Å². The number of halogens is 2. The summed E-state index contributed by atoms with van der Waals surface area (Å²) in [4.78, 5) is -0.228. The van der Waals surface area contributed by atoms with Crippen LogP contribution in [0.4, 0.5) is 4.39 Å². The van der Waals surface area contributed by atoms with Crippen molar-refractivity contribution in [1.29, 1.82) is 0 Å². The Bertz CT molecular complexity index is 778. The molecule has 0 aromatic heterocycles. The van der Waals surface area contributed by atoms with E-state index in [2.05, 4.69) is 6.58 Å². The summed E-state index contributed by atoms with van der Waals surface area (Å²) in [6, 6.07) is 12.8. The van der Waals surface area contributed by atoms with Crippen LogP contribution in [0.25, 0.3) is 0 Å². The average molecular weight is 354 g/mol. The molecule has 0 spiro atoms. The van der Waals surface area contributed by atoms with Gasteiger partial charge in [-0.1, -0.05) is 48.0 Å². The van der Waals surface area contributed by atoms with E-state index in [4.69, 9.17) is 11.6 Å². The molecule has 0 aliphatic heterocycles. The first-order valence-corrected chi connectivity index (χ1v) is 8.87. The van der Waals surface area contributed by atoms with Crippen molar-refractivity contribution in [1.82, 2.24) is 4.31 Å². The van der Waals surface area contributed by atoms with Crippen molar-refractivity contribution >= 4 is 21.6 Å². The van der Waals surface area contributed by atoms with Crippen LogP contribution in [0.15, 0.2) is 66.1 Å². The van der Waals surface area contributed by atoms with Gasteiger partial charge < -0.3 is 0 Å². The second-order valence-electron chi connectivity index (χ2n) is 4.96. The third-order valence-electron chi connectivity index (χ3n) is 3.34. The smallest absolute Gasteiger partial charge is 0.207 e. The van der Waals surface area contributed by atoms with Gasteiger partial charge in [-0.3, -0.25) is 0 Å². The van der Waals surface area contributed by atoms with Gasteiger partial charge in [-0.15, -0.1) is 6.58 Å². The normalized spacial score (nSPS) is 11.6. The van der Waals surface area contributed by atoms with Gasteiger partial charge in [0, 0.05) is 13.1 Å². The topological polar surface area (TPSA) is 37.4 Å². The molecule has 2 aromatic carbocycles. The second-order valence-corrected chi connectivity index (χ2v) is 7.28. The molecule has 0 bridgehead atoms. The van der Waals surface area contributed by atoms with E-state index in [1.54, 1.807) is 0 Å². The molecule has 0 fully saturated rings. The number of hydrogen-bond acceptors (Lipinski definition) is 2. The van der Waals surface area contributed by atoms with Crippen LogP contribution in [-0.2, 0) is 16.4 Å². The van der Waals surface area contributed by atoms with Gasteiger partial charge in [0.05, 0.1) is 5.02 Å². The summed E-state index contributed by atoms with van der Waals surface area (Å²) < 4.78 is 40.1. The van der Waals surface area contributed by atoms with E-state index in [1.807, 2.05) is 30.3 Å². The fraction of sp³-hybridized carbons (Fsp3) is 0.176. The van der Waals surface area contributed by atoms with E-state index in [0.717, 1.165) is 17.7 Å². The third-order valence-corrected chi connectivity index (χ3v) is 5.68. The molecular weight excluding hydrogens is 337 g/mol. The van der Waals surface area contributed by atoms with Crippen LogP contribution in [0.3, 0.4) is 0 Å². The second kappa shape index (κ2) is 7.73. The molecule has 122 valence electrons. The molecule has 2 aromatic rings. The molecular formula is C17H17ClFNO2S. The number of hydrogen-bond donors (Lipinski definition) is 0. The first-order valence-electron chi connectivity index (χ1n) is 7.05. The highest BCUT2D eigenvalue weighted by atomic mass is 35.5. The lowest BCUT2D eigenvalue weighted by Crippen LogP contribution is -2.33. The SMILES string of the molecule is C=CCN(CCc1ccccc1)S(=O)(=O)c1cc(F)ccc1Cl. The lowest BCUT2D eigenvalue weighted by atomic mass is 10.1. The Balaban J connectivity index is 2.28. The van der Waals surface area contributed by atoms with Crippen molar-refractivity contribution in [2.24, 2.45) is 0 Å². The predicted molar refractivity (Wildman–Crippen MR) is 90.5 cm³/mol. The Labute approximate surface area is 141 Å². The van der Waals surface area contributed by atoms with Crippen LogP contribution in [0.1, 0.15) is 5.56 Å². The molecule has 0 saturated heterocycles. The summed E-state index contributed by atoms with van der Waals surface area (Å²) in [5.74, 6) is -0.644. The molecule has 0 N–H and O–H groups in total. The van der Waals surface area contributed by atoms with Gasteiger partial charge >= 0.3 is 0 Å². The van der Waals surface area contributed by atoms with Crippen molar-refractivity contribution in [3.63, 3.8) is 0 Å². The van der Waals surface area contributed by atoms with Crippen LogP contribution in [-0.4, -0.2) is 25.8 Å².